The van der Waals surface area contributed by atoms with E-state index in [1.165, 1.54) is 10.5 Å². The van der Waals surface area contributed by atoms with Gasteiger partial charge in [0.1, 0.15) is 17.7 Å². The van der Waals surface area contributed by atoms with Crippen molar-refractivity contribution in [2.45, 2.75) is 77.0 Å². The number of likely N-dealkylation sites (tertiary alicyclic amines) is 1. The third-order valence-electron chi connectivity index (χ3n) is 11.5. The van der Waals surface area contributed by atoms with Crippen molar-refractivity contribution in [3.8, 4) is 27.4 Å². The van der Waals surface area contributed by atoms with Crippen LogP contribution in [0, 0.1) is 12.8 Å². The molecule has 3 aromatic heterocycles. The molecule has 0 spiro atoms. The highest BCUT2D eigenvalue weighted by molar-refractivity contribution is 7.13. The molecule has 3 N–H and O–H groups in total. The van der Waals surface area contributed by atoms with Gasteiger partial charge in [0.05, 0.1) is 39.4 Å². The molecule has 0 aliphatic carbocycles. The summed E-state index contributed by atoms with van der Waals surface area (Å²) in [6, 6.07) is 24.2. The lowest BCUT2D eigenvalue weighted by molar-refractivity contribution is -0.141. The number of para-hydroxylation sites is 1. The molecule has 13 heteroatoms. The first kappa shape index (κ1) is 38.2. The average Bonchev–Trinajstić information content (AvgIpc) is 3.98. The number of aliphatic hydroxyl groups is 1. The summed E-state index contributed by atoms with van der Waals surface area (Å²) in [6.07, 6.45) is 1.16. The molecule has 0 radical (unpaired) electrons. The van der Waals surface area contributed by atoms with E-state index in [1.54, 1.807) is 23.5 Å². The van der Waals surface area contributed by atoms with E-state index in [1.807, 2.05) is 81.7 Å². The molecular formula is C44H47N7O5S. The van der Waals surface area contributed by atoms with Crippen molar-refractivity contribution < 1.29 is 24.3 Å². The third-order valence-corrected chi connectivity index (χ3v) is 12.5. The highest BCUT2D eigenvalue weighted by Gasteiger charge is 2.43. The maximum Gasteiger partial charge on any atom is 0.243 e. The number of hydrogen-bond donors (Lipinski definition) is 3. The number of amides is 2. The summed E-state index contributed by atoms with van der Waals surface area (Å²) in [6.45, 7) is 9.42. The molecule has 0 bridgehead atoms. The number of thiazole rings is 1. The molecule has 2 aliphatic rings. The Balaban J connectivity index is 0.903. The Bertz CT molecular complexity index is 2390. The van der Waals surface area contributed by atoms with Crippen molar-refractivity contribution >= 4 is 39.9 Å². The zero-order valence-electron chi connectivity index (χ0n) is 32.5. The molecule has 12 nitrogen and oxygen atoms in total. The molecule has 4 atom stereocenters. The van der Waals surface area contributed by atoms with E-state index in [2.05, 4.69) is 48.8 Å². The lowest BCUT2D eigenvalue weighted by Gasteiger charge is -2.32. The zero-order chi connectivity index (χ0) is 39.8. The Labute approximate surface area is 335 Å². The number of aromatic nitrogens is 4. The third kappa shape index (κ3) is 7.86. The first-order valence-electron chi connectivity index (χ1n) is 19.6. The number of nitrogens with zero attached hydrogens (tertiary/aromatic N) is 6. The molecule has 2 aliphatic heterocycles. The Kier molecular flexibility index (Phi) is 10.8. The standard InChI is InChI=1S/C44H47N7O5S/c1-25(2)41(44(55)51-23-33(52)21-37(51)43(54)46-26(3)28-9-11-30(12-10-28)42-27(4)45-24-57-42)39-22-40(49-56-39)50-17-15-29(16-18-50)31-13-14-32-20-36(48-47-35(32)19-31)34-7-5-6-8-38(34)53/h5-14,19-20,22,24-26,29,33,37,41,52-53H,15-18,21,23H2,1-4H3,(H,46,54)/t26-,33+,37-,41+/m0/s1. The number of β-amino-alcohol motifs (C(OH)–C–C–N with tert-alkyl or cyclic N) is 1. The molecule has 3 aromatic carbocycles. The van der Waals surface area contributed by atoms with Gasteiger partial charge in [0, 0.05) is 43.1 Å². The van der Waals surface area contributed by atoms with Crippen molar-refractivity contribution in [1.29, 1.82) is 0 Å². The van der Waals surface area contributed by atoms with Gasteiger partial charge in [-0.25, -0.2) is 4.98 Å². The Morgan fingerprint density at radius 2 is 1.74 bits per heavy atom. The SMILES string of the molecule is Cc1ncsc1-c1ccc([C@H](C)NC(=O)[C@@H]2C[C@@H](O)CN2C(=O)[C@@H](c2cc(N3CCC(c4ccc5cc(-c6ccccc6O)nnc5c4)CC3)no2)C(C)C)cc1. The number of nitrogens with one attached hydrogen (secondary N) is 1. The Hall–Kier alpha value is -5.66. The highest BCUT2D eigenvalue weighted by Crippen LogP contribution is 2.36. The van der Waals surface area contributed by atoms with E-state index in [-0.39, 0.29) is 42.5 Å². The monoisotopic (exact) mass is 785 g/mol. The summed E-state index contributed by atoms with van der Waals surface area (Å²) in [7, 11) is 0. The summed E-state index contributed by atoms with van der Waals surface area (Å²) >= 11 is 1.59. The number of carbonyl (C=O) groups excluding carboxylic acids is 2. The minimum Gasteiger partial charge on any atom is -0.507 e. The number of hydrogen-bond acceptors (Lipinski definition) is 11. The van der Waals surface area contributed by atoms with Gasteiger partial charge in [-0.3, -0.25) is 9.59 Å². The fourth-order valence-electron chi connectivity index (χ4n) is 8.26. The minimum absolute atomic E-state index is 0.0735. The smallest absolute Gasteiger partial charge is 0.243 e. The van der Waals surface area contributed by atoms with Crippen LogP contribution >= 0.6 is 11.3 Å². The number of fused-ring (bicyclic) bond motifs is 1. The number of aliphatic hydroxyl groups excluding tert-OH is 1. The van der Waals surface area contributed by atoms with Gasteiger partial charge in [0.25, 0.3) is 0 Å². The van der Waals surface area contributed by atoms with Crippen molar-refractivity contribution in [2.24, 2.45) is 5.92 Å². The largest absolute Gasteiger partial charge is 0.507 e. The Morgan fingerprint density at radius 1 is 0.965 bits per heavy atom. The summed E-state index contributed by atoms with van der Waals surface area (Å²) in [4.78, 5) is 37.2. The van der Waals surface area contributed by atoms with Crippen molar-refractivity contribution in [2.75, 3.05) is 24.5 Å². The first-order chi connectivity index (χ1) is 27.5. The van der Waals surface area contributed by atoms with E-state index in [0.717, 1.165) is 58.5 Å². The van der Waals surface area contributed by atoms with E-state index in [0.29, 0.717) is 28.8 Å². The number of phenolic OH excluding ortho intramolecular Hbond substituents is 1. The van der Waals surface area contributed by atoms with Crippen LogP contribution in [0.25, 0.3) is 32.6 Å². The predicted octanol–water partition coefficient (Wildman–Crippen LogP) is 7.39. The molecule has 0 saturated carbocycles. The van der Waals surface area contributed by atoms with Gasteiger partial charge in [-0.15, -0.1) is 21.5 Å². The van der Waals surface area contributed by atoms with Crippen LogP contribution in [0.15, 0.2) is 88.9 Å². The maximum absolute atomic E-state index is 14.3. The van der Waals surface area contributed by atoms with Crippen molar-refractivity contribution in [3.05, 3.63) is 107 Å². The molecular weight excluding hydrogens is 739 g/mol. The number of rotatable bonds is 10. The number of benzene rings is 3. The molecule has 2 saturated heterocycles. The fourth-order valence-corrected chi connectivity index (χ4v) is 9.07. The van der Waals surface area contributed by atoms with Gasteiger partial charge in [-0.2, -0.15) is 0 Å². The number of phenols is 1. The molecule has 57 heavy (non-hydrogen) atoms. The number of piperidine rings is 1. The van der Waals surface area contributed by atoms with Crippen LogP contribution in [0.5, 0.6) is 5.75 Å². The van der Waals surface area contributed by atoms with Crippen LogP contribution in [0.1, 0.15) is 80.5 Å². The summed E-state index contributed by atoms with van der Waals surface area (Å²) < 4.78 is 5.88. The number of anilines is 1. The second-order valence-corrected chi connectivity index (χ2v) is 16.5. The van der Waals surface area contributed by atoms with E-state index in [4.69, 9.17) is 4.52 Å². The molecule has 0 unspecified atom stereocenters. The summed E-state index contributed by atoms with van der Waals surface area (Å²) in [5, 5.41) is 38.3. The molecule has 5 heterocycles. The minimum atomic E-state index is -0.808. The average molecular weight is 786 g/mol. The van der Waals surface area contributed by atoms with Crippen LogP contribution < -0.4 is 10.2 Å². The van der Waals surface area contributed by atoms with E-state index >= 15 is 0 Å². The molecule has 2 amide bonds. The van der Waals surface area contributed by atoms with Crippen LogP contribution in [-0.4, -0.2) is 79.0 Å². The van der Waals surface area contributed by atoms with E-state index < -0.39 is 18.1 Å². The number of aryl methyl sites for hydroxylation is 1. The van der Waals surface area contributed by atoms with Gasteiger partial charge in [-0.05, 0) is 79.5 Å². The predicted molar refractivity (Wildman–Crippen MR) is 220 cm³/mol. The van der Waals surface area contributed by atoms with Gasteiger partial charge < -0.3 is 29.9 Å². The van der Waals surface area contributed by atoms with Crippen LogP contribution in [0.4, 0.5) is 5.82 Å². The van der Waals surface area contributed by atoms with E-state index in [9.17, 15) is 19.8 Å². The summed E-state index contributed by atoms with van der Waals surface area (Å²) in [5.41, 5.74) is 8.13. The van der Waals surface area contributed by atoms with Crippen LogP contribution in [-0.2, 0) is 9.59 Å². The maximum atomic E-state index is 14.3. The quantitative estimate of drug-likeness (QED) is 0.128. The molecule has 6 aromatic rings. The second-order valence-electron chi connectivity index (χ2n) is 15.7. The normalized spacial score (nSPS) is 18.6. The molecule has 294 valence electrons. The first-order valence-corrected chi connectivity index (χ1v) is 20.5. The zero-order valence-corrected chi connectivity index (χ0v) is 33.3. The molecule has 8 rings (SSSR count). The fraction of sp³-hybridized carbons (Fsp3) is 0.364. The number of aromatic hydroxyl groups is 1. The van der Waals surface area contributed by atoms with Gasteiger partial charge in [0.15, 0.2) is 11.6 Å². The topological polar surface area (TPSA) is 158 Å². The Morgan fingerprint density at radius 3 is 2.46 bits per heavy atom. The second kappa shape index (κ2) is 16.1. The van der Waals surface area contributed by atoms with Gasteiger partial charge >= 0.3 is 0 Å². The van der Waals surface area contributed by atoms with Crippen molar-refractivity contribution in [1.82, 2.24) is 30.6 Å². The highest BCUT2D eigenvalue weighted by atomic mass is 32.1. The van der Waals surface area contributed by atoms with Crippen LogP contribution in [0.2, 0.25) is 0 Å². The lowest BCUT2D eigenvalue weighted by atomic mass is 9.88. The van der Waals surface area contributed by atoms with Gasteiger partial charge in [-0.1, -0.05) is 67.5 Å². The lowest BCUT2D eigenvalue weighted by Crippen LogP contribution is -2.48. The van der Waals surface area contributed by atoms with Crippen molar-refractivity contribution in [3.63, 3.8) is 0 Å². The van der Waals surface area contributed by atoms with Crippen LogP contribution in [0.3, 0.4) is 0 Å². The summed E-state index contributed by atoms with van der Waals surface area (Å²) in [5.74, 6) is 0.275. The number of carbonyl (C=O) groups is 2. The molecule has 2 fully saturated rings. The van der Waals surface area contributed by atoms with Gasteiger partial charge in [0.2, 0.25) is 11.8 Å².